The second-order valence-electron chi connectivity index (χ2n) is 6.84. The summed E-state index contributed by atoms with van der Waals surface area (Å²) in [6, 6.07) is 8.61. The molecule has 0 bridgehead atoms. The Hall–Kier alpha value is -2.11. The number of carbonyl (C=O) groups is 2. The van der Waals surface area contributed by atoms with Crippen molar-refractivity contribution in [2.45, 2.75) is 33.2 Å². The van der Waals surface area contributed by atoms with Crippen LogP contribution in [0.25, 0.3) is 0 Å². The molecular weight excluding hydrogens is 378 g/mol. The minimum absolute atomic E-state index is 0.109. The first-order chi connectivity index (χ1) is 12.0. The summed E-state index contributed by atoms with van der Waals surface area (Å²) >= 11 is 12.0. The third kappa shape index (κ3) is 4.54. The van der Waals surface area contributed by atoms with Crippen molar-refractivity contribution in [3.8, 4) is 0 Å². The Bertz CT molecular complexity index is 863. The topological polar surface area (TPSA) is 49.4 Å². The molecule has 0 radical (unpaired) electrons. The zero-order chi connectivity index (χ0) is 19.6. The average molecular weight is 397 g/mol. The molecule has 0 heterocycles. The van der Waals surface area contributed by atoms with E-state index in [0.717, 1.165) is 6.07 Å². The number of nitrogens with one attached hydrogen (secondary N) is 1. The number of hydrazine groups is 1. The summed E-state index contributed by atoms with van der Waals surface area (Å²) in [6.07, 6.45) is 0. The van der Waals surface area contributed by atoms with E-state index in [0.29, 0.717) is 10.6 Å². The number of benzene rings is 2. The molecule has 0 spiro atoms. The zero-order valence-corrected chi connectivity index (χ0v) is 16.4. The lowest BCUT2D eigenvalue weighted by molar-refractivity contribution is 0.0358. The maximum absolute atomic E-state index is 13.7. The van der Waals surface area contributed by atoms with E-state index in [1.807, 2.05) is 0 Å². The molecule has 26 heavy (non-hydrogen) atoms. The fraction of sp³-hybridized carbons (Fsp3) is 0.263. The van der Waals surface area contributed by atoms with Gasteiger partial charge in [-0.15, -0.1) is 0 Å². The first-order valence-corrected chi connectivity index (χ1v) is 8.63. The Balaban J connectivity index is 2.34. The summed E-state index contributed by atoms with van der Waals surface area (Å²) < 4.78 is 13.7. The predicted octanol–water partition coefficient (Wildman–Crippen LogP) is 5.03. The number of halogens is 3. The number of aryl methyl sites for hydroxylation is 1. The molecule has 4 nitrogen and oxygen atoms in total. The van der Waals surface area contributed by atoms with Gasteiger partial charge in [-0.05, 0) is 63.6 Å². The Morgan fingerprint density at radius 1 is 1.08 bits per heavy atom. The molecule has 1 N–H and O–H groups in total. The molecule has 2 aromatic carbocycles. The Labute approximate surface area is 161 Å². The van der Waals surface area contributed by atoms with Crippen LogP contribution >= 0.6 is 23.2 Å². The molecular formula is C19H19Cl2FN2O2. The molecule has 0 saturated carbocycles. The summed E-state index contributed by atoms with van der Waals surface area (Å²) in [5, 5.41) is 1.74. The molecule has 0 unspecified atom stereocenters. The van der Waals surface area contributed by atoms with Crippen molar-refractivity contribution < 1.29 is 14.0 Å². The monoisotopic (exact) mass is 396 g/mol. The first kappa shape index (κ1) is 20.2. The van der Waals surface area contributed by atoms with Gasteiger partial charge in [0.1, 0.15) is 5.82 Å². The summed E-state index contributed by atoms with van der Waals surface area (Å²) in [6.45, 7) is 6.87. The van der Waals surface area contributed by atoms with Crippen molar-refractivity contribution in [1.82, 2.24) is 10.4 Å². The van der Waals surface area contributed by atoms with Crippen LogP contribution in [0.2, 0.25) is 10.0 Å². The molecule has 0 atom stereocenters. The molecule has 0 saturated heterocycles. The van der Waals surface area contributed by atoms with Crippen molar-refractivity contribution in [3.63, 3.8) is 0 Å². The molecule has 2 rings (SSSR count). The van der Waals surface area contributed by atoms with Gasteiger partial charge >= 0.3 is 0 Å². The second kappa shape index (κ2) is 7.64. The molecule has 0 aromatic heterocycles. The summed E-state index contributed by atoms with van der Waals surface area (Å²) in [7, 11) is 0. The first-order valence-electron chi connectivity index (χ1n) is 7.87. The summed E-state index contributed by atoms with van der Waals surface area (Å²) in [4.78, 5) is 25.4. The molecule has 2 amide bonds. The van der Waals surface area contributed by atoms with Crippen LogP contribution in [0.5, 0.6) is 0 Å². The Kier molecular flexibility index (Phi) is 5.94. The summed E-state index contributed by atoms with van der Waals surface area (Å²) in [5.74, 6) is -1.59. The standard InChI is InChI=1S/C19H19Cl2FN2O2/c1-11-5-6-12(9-16(11)22)17(25)23-24(19(2,3)4)18(26)14-8-7-13(20)10-15(14)21/h5-10H,1-4H3,(H,23,25). The lowest BCUT2D eigenvalue weighted by atomic mass is 10.1. The maximum atomic E-state index is 13.7. The van der Waals surface area contributed by atoms with Crippen LogP contribution in [0.15, 0.2) is 36.4 Å². The minimum atomic E-state index is -0.751. The smallest absolute Gasteiger partial charge is 0.267 e. The lowest BCUT2D eigenvalue weighted by Gasteiger charge is -2.35. The average Bonchev–Trinajstić information content (AvgIpc) is 2.53. The van der Waals surface area contributed by atoms with Crippen molar-refractivity contribution in [3.05, 3.63) is 69.0 Å². The van der Waals surface area contributed by atoms with Gasteiger partial charge in [-0.1, -0.05) is 29.3 Å². The number of carbonyl (C=O) groups excluding carboxylic acids is 2. The van der Waals surface area contributed by atoms with E-state index in [-0.39, 0.29) is 16.1 Å². The maximum Gasteiger partial charge on any atom is 0.274 e. The third-order valence-electron chi connectivity index (χ3n) is 3.68. The van der Waals surface area contributed by atoms with E-state index >= 15 is 0 Å². The van der Waals surface area contributed by atoms with Gasteiger partial charge in [-0.2, -0.15) is 0 Å². The Morgan fingerprint density at radius 2 is 1.73 bits per heavy atom. The van der Waals surface area contributed by atoms with Crippen LogP contribution < -0.4 is 5.43 Å². The van der Waals surface area contributed by atoms with E-state index in [1.54, 1.807) is 33.8 Å². The third-order valence-corrected chi connectivity index (χ3v) is 4.23. The van der Waals surface area contributed by atoms with Gasteiger partial charge in [0.05, 0.1) is 16.1 Å². The zero-order valence-electron chi connectivity index (χ0n) is 14.9. The predicted molar refractivity (Wildman–Crippen MR) is 101 cm³/mol. The molecule has 138 valence electrons. The number of rotatable bonds is 2. The van der Waals surface area contributed by atoms with Crippen molar-refractivity contribution >= 4 is 35.0 Å². The highest BCUT2D eigenvalue weighted by molar-refractivity contribution is 6.36. The largest absolute Gasteiger partial charge is 0.274 e. The highest BCUT2D eigenvalue weighted by Gasteiger charge is 2.30. The highest BCUT2D eigenvalue weighted by Crippen LogP contribution is 2.24. The molecule has 2 aromatic rings. The molecule has 0 aliphatic heterocycles. The van der Waals surface area contributed by atoms with Crippen LogP contribution in [0.4, 0.5) is 4.39 Å². The van der Waals surface area contributed by atoms with Gasteiger partial charge in [0.2, 0.25) is 0 Å². The lowest BCUT2D eigenvalue weighted by Crippen LogP contribution is -2.56. The normalized spacial score (nSPS) is 11.2. The van der Waals surface area contributed by atoms with Crippen molar-refractivity contribution in [1.29, 1.82) is 0 Å². The SMILES string of the molecule is Cc1ccc(C(=O)NN(C(=O)c2ccc(Cl)cc2Cl)C(C)(C)C)cc1F. The van der Waals surface area contributed by atoms with Gasteiger partial charge in [0.25, 0.3) is 11.8 Å². The van der Waals surface area contributed by atoms with Crippen LogP contribution in [0.1, 0.15) is 47.1 Å². The molecule has 0 aliphatic rings. The van der Waals surface area contributed by atoms with Gasteiger partial charge in [0.15, 0.2) is 0 Å². The number of hydrogen-bond acceptors (Lipinski definition) is 2. The van der Waals surface area contributed by atoms with Gasteiger partial charge < -0.3 is 0 Å². The number of hydrogen-bond donors (Lipinski definition) is 1. The van der Waals surface area contributed by atoms with Crippen LogP contribution in [-0.4, -0.2) is 22.4 Å². The molecule has 0 fully saturated rings. The minimum Gasteiger partial charge on any atom is -0.267 e. The summed E-state index contributed by atoms with van der Waals surface area (Å²) in [5.41, 5.74) is 2.53. The number of amides is 2. The van der Waals surface area contributed by atoms with Crippen molar-refractivity contribution in [2.75, 3.05) is 0 Å². The number of nitrogens with zero attached hydrogens (tertiary/aromatic N) is 1. The van der Waals surface area contributed by atoms with Crippen LogP contribution in [0.3, 0.4) is 0 Å². The molecule has 0 aliphatic carbocycles. The van der Waals surface area contributed by atoms with E-state index in [1.165, 1.54) is 29.3 Å². The van der Waals surface area contributed by atoms with Gasteiger partial charge in [0, 0.05) is 10.6 Å². The van der Waals surface area contributed by atoms with E-state index in [9.17, 15) is 14.0 Å². The molecule has 7 heteroatoms. The van der Waals surface area contributed by atoms with E-state index in [4.69, 9.17) is 23.2 Å². The van der Waals surface area contributed by atoms with Gasteiger partial charge in [-0.3, -0.25) is 15.0 Å². The van der Waals surface area contributed by atoms with E-state index in [2.05, 4.69) is 5.43 Å². The van der Waals surface area contributed by atoms with E-state index < -0.39 is 23.2 Å². The quantitative estimate of drug-likeness (QED) is 0.723. The van der Waals surface area contributed by atoms with Crippen molar-refractivity contribution in [2.24, 2.45) is 0 Å². The highest BCUT2D eigenvalue weighted by atomic mass is 35.5. The van der Waals surface area contributed by atoms with Crippen LogP contribution in [0, 0.1) is 12.7 Å². The van der Waals surface area contributed by atoms with Gasteiger partial charge in [-0.25, -0.2) is 9.40 Å². The fourth-order valence-corrected chi connectivity index (χ4v) is 2.70. The fourth-order valence-electron chi connectivity index (χ4n) is 2.21. The second-order valence-corrected chi connectivity index (χ2v) is 7.68. The van der Waals surface area contributed by atoms with Crippen LogP contribution in [-0.2, 0) is 0 Å². The Morgan fingerprint density at radius 3 is 2.27 bits per heavy atom.